The third-order valence-electron chi connectivity index (χ3n) is 5.05. The van der Waals surface area contributed by atoms with E-state index in [9.17, 15) is 9.59 Å². The van der Waals surface area contributed by atoms with Gasteiger partial charge in [0.25, 0.3) is 11.8 Å². The lowest BCUT2D eigenvalue weighted by Gasteiger charge is -2.32. The molecule has 3 rings (SSSR count). The summed E-state index contributed by atoms with van der Waals surface area (Å²) in [5, 5.41) is 3.11. The van der Waals surface area contributed by atoms with E-state index in [0.717, 1.165) is 17.3 Å². The number of amides is 2. The Kier molecular flexibility index (Phi) is 6.32. The Morgan fingerprint density at radius 3 is 2.07 bits per heavy atom. The summed E-state index contributed by atoms with van der Waals surface area (Å²) in [6.07, 6.45) is 1.55. The molecule has 0 aliphatic carbocycles. The molecule has 0 spiro atoms. The molecule has 1 fully saturated rings. The minimum absolute atomic E-state index is 0.0389. The average molecular weight is 429 g/mol. The Bertz CT molecular complexity index is 792. The molecule has 4 nitrogen and oxygen atoms in total. The van der Waals surface area contributed by atoms with Gasteiger partial charge in [-0.3, -0.25) is 9.59 Å². The van der Waals surface area contributed by atoms with Crippen LogP contribution in [-0.2, 0) is 0 Å². The second kappa shape index (κ2) is 8.70. The monoisotopic (exact) mass is 428 g/mol. The van der Waals surface area contributed by atoms with Crippen molar-refractivity contribution in [1.82, 2.24) is 10.2 Å². The highest BCUT2D eigenvalue weighted by atomic mass is 79.9. The quantitative estimate of drug-likeness (QED) is 0.772. The van der Waals surface area contributed by atoms with Gasteiger partial charge in [-0.05, 0) is 60.7 Å². The van der Waals surface area contributed by atoms with Crippen molar-refractivity contribution in [2.45, 2.75) is 38.6 Å². The van der Waals surface area contributed by atoms with Crippen LogP contribution < -0.4 is 5.32 Å². The molecule has 2 aromatic carbocycles. The largest absolute Gasteiger partial charge is 0.349 e. The van der Waals surface area contributed by atoms with Gasteiger partial charge >= 0.3 is 0 Å². The smallest absolute Gasteiger partial charge is 0.253 e. The Labute approximate surface area is 169 Å². The molecule has 27 heavy (non-hydrogen) atoms. The Morgan fingerprint density at radius 1 is 0.963 bits per heavy atom. The lowest BCUT2D eigenvalue weighted by atomic mass is 10.0. The van der Waals surface area contributed by atoms with Crippen molar-refractivity contribution in [3.05, 3.63) is 69.7 Å². The van der Waals surface area contributed by atoms with Gasteiger partial charge in [0, 0.05) is 34.7 Å². The van der Waals surface area contributed by atoms with Gasteiger partial charge in [-0.15, -0.1) is 0 Å². The van der Waals surface area contributed by atoms with E-state index in [1.54, 1.807) is 0 Å². The van der Waals surface area contributed by atoms with E-state index in [4.69, 9.17) is 0 Å². The first-order valence-electron chi connectivity index (χ1n) is 9.39. The van der Waals surface area contributed by atoms with Gasteiger partial charge in [0.05, 0.1) is 0 Å². The summed E-state index contributed by atoms with van der Waals surface area (Å²) in [4.78, 5) is 26.9. The third-order valence-corrected chi connectivity index (χ3v) is 5.58. The van der Waals surface area contributed by atoms with Gasteiger partial charge in [0.2, 0.25) is 0 Å². The second-order valence-corrected chi connectivity index (χ2v) is 8.24. The summed E-state index contributed by atoms with van der Waals surface area (Å²) in [7, 11) is 0. The summed E-state index contributed by atoms with van der Waals surface area (Å²) in [6.45, 7) is 5.59. The number of likely N-dealkylation sites (tertiary alicyclic amines) is 1. The van der Waals surface area contributed by atoms with Crippen LogP contribution in [0.1, 0.15) is 58.9 Å². The van der Waals surface area contributed by atoms with E-state index < -0.39 is 0 Å². The summed E-state index contributed by atoms with van der Waals surface area (Å²) < 4.78 is 0.960. The number of nitrogens with one attached hydrogen (secondary N) is 1. The number of piperidine rings is 1. The molecule has 1 aliphatic heterocycles. The van der Waals surface area contributed by atoms with E-state index in [2.05, 4.69) is 35.1 Å². The van der Waals surface area contributed by atoms with Crippen molar-refractivity contribution in [2.75, 3.05) is 13.1 Å². The van der Waals surface area contributed by atoms with Crippen LogP contribution in [0.15, 0.2) is 53.0 Å². The van der Waals surface area contributed by atoms with Crippen LogP contribution in [0.4, 0.5) is 0 Å². The van der Waals surface area contributed by atoms with Gasteiger partial charge < -0.3 is 10.2 Å². The standard InChI is InChI=1S/C22H25BrN2O2/c1-15(2)16-3-5-17(6-4-16)21(26)24-20-11-13-25(14-12-20)22(27)18-7-9-19(23)10-8-18/h3-10,15,20H,11-14H2,1-2H3,(H,24,26). The lowest BCUT2D eigenvalue weighted by molar-refractivity contribution is 0.0698. The number of benzene rings is 2. The summed E-state index contributed by atoms with van der Waals surface area (Å²) >= 11 is 3.39. The predicted molar refractivity (Wildman–Crippen MR) is 111 cm³/mol. The summed E-state index contributed by atoms with van der Waals surface area (Å²) in [5.74, 6) is 0.467. The maximum Gasteiger partial charge on any atom is 0.253 e. The first kappa shape index (κ1) is 19.6. The Hall–Kier alpha value is -2.14. The highest BCUT2D eigenvalue weighted by Crippen LogP contribution is 2.18. The molecule has 5 heteroatoms. The second-order valence-electron chi connectivity index (χ2n) is 7.32. The first-order valence-corrected chi connectivity index (χ1v) is 10.2. The number of halogens is 1. The van der Waals surface area contributed by atoms with Crippen LogP contribution >= 0.6 is 15.9 Å². The number of hydrogen-bond acceptors (Lipinski definition) is 2. The summed E-state index contributed by atoms with van der Waals surface area (Å²) in [6, 6.07) is 15.3. The van der Waals surface area contributed by atoms with Crippen LogP contribution in [0, 0.1) is 0 Å². The number of carbonyl (C=O) groups is 2. The van der Waals surface area contributed by atoms with Gasteiger partial charge in [0.1, 0.15) is 0 Å². The van der Waals surface area contributed by atoms with Gasteiger partial charge in [-0.25, -0.2) is 0 Å². The maximum absolute atomic E-state index is 12.6. The molecular formula is C22H25BrN2O2. The molecule has 1 saturated heterocycles. The number of nitrogens with zero attached hydrogens (tertiary/aromatic N) is 1. The molecule has 2 amide bonds. The average Bonchev–Trinajstić information content (AvgIpc) is 2.68. The molecular weight excluding hydrogens is 404 g/mol. The minimum Gasteiger partial charge on any atom is -0.349 e. The van der Waals surface area contributed by atoms with Crippen LogP contribution in [0.3, 0.4) is 0 Å². The van der Waals surface area contributed by atoms with Crippen LogP contribution in [0.25, 0.3) is 0 Å². The molecule has 0 radical (unpaired) electrons. The number of rotatable bonds is 4. The zero-order valence-corrected chi connectivity index (χ0v) is 17.3. The summed E-state index contributed by atoms with van der Waals surface area (Å²) in [5.41, 5.74) is 2.62. The fraction of sp³-hybridized carbons (Fsp3) is 0.364. The Morgan fingerprint density at radius 2 is 1.52 bits per heavy atom. The van der Waals surface area contributed by atoms with Gasteiger partial charge in [-0.2, -0.15) is 0 Å². The SMILES string of the molecule is CC(C)c1ccc(C(=O)NC2CCN(C(=O)c3ccc(Br)cc3)CC2)cc1. The number of hydrogen-bond donors (Lipinski definition) is 1. The Balaban J connectivity index is 1.52. The van der Waals surface area contributed by atoms with Crippen molar-refractivity contribution in [3.8, 4) is 0 Å². The van der Waals surface area contributed by atoms with Crippen LogP contribution in [-0.4, -0.2) is 35.8 Å². The minimum atomic E-state index is -0.0389. The molecule has 0 aromatic heterocycles. The van der Waals surface area contributed by atoms with E-state index in [1.165, 1.54) is 5.56 Å². The van der Waals surface area contributed by atoms with Crippen molar-refractivity contribution >= 4 is 27.7 Å². The van der Waals surface area contributed by atoms with Crippen LogP contribution in [0.5, 0.6) is 0 Å². The van der Waals surface area contributed by atoms with E-state index in [1.807, 2.05) is 53.4 Å². The molecule has 0 bridgehead atoms. The van der Waals surface area contributed by atoms with Crippen molar-refractivity contribution in [3.63, 3.8) is 0 Å². The van der Waals surface area contributed by atoms with E-state index >= 15 is 0 Å². The fourth-order valence-electron chi connectivity index (χ4n) is 3.29. The molecule has 1 aliphatic rings. The highest BCUT2D eigenvalue weighted by Gasteiger charge is 2.24. The van der Waals surface area contributed by atoms with Crippen molar-refractivity contribution in [1.29, 1.82) is 0 Å². The van der Waals surface area contributed by atoms with E-state index in [0.29, 0.717) is 30.1 Å². The first-order chi connectivity index (χ1) is 12.9. The van der Waals surface area contributed by atoms with Gasteiger partial charge in [0.15, 0.2) is 0 Å². The molecule has 0 atom stereocenters. The lowest BCUT2D eigenvalue weighted by Crippen LogP contribution is -2.46. The third kappa shape index (κ3) is 4.98. The molecule has 2 aromatic rings. The predicted octanol–water partition coefficient (Wildman–Crippen LogP) is 4.61. The van der Waals surface area contributed by atoms with E-state index in [-0.39, 0.29) is 17.9 Å². The normalized spacial score (nSPS) is 15.0. The zero-order valence-electron chi connectivity index (χ0n) is 15.7. The van der Waals surface area contributed by atoms with Crippen molar-refractivity contribution < 1.29 is 9.59 Å². The highest BCUT2D eigenvalue weighted by molar-refractivity contribution is 9.10. The molecule has 1 heterocycles. The molecule has 142 valence electrons. The zero-order chi connectivity index (χ0) is 19.4. The topological polar surface area (TPSA) is 49.4 Å². The molecule has 0 unspecified atom stereocenters. The fourth-order valence-corrected chi connectivity index (χ4v) is 3.55. The van der Waals surface area contributed by atoms with Crippen LogP contribution in [0.2, 0.25) is 0 Å². The molecule has 0 saturated carbocycles. The molecule has 1 N–H and O–H groups in total. The van der Waals surface area contributed by atoms with Crippen molar-refractivity contribution in [2.24, 2.45) is 0 Å². The number of carbonyl (C=O) groups excluding carboxylic acids is 2. The maximum atomic E-state index is 12.6. The van der Waals surface area contributed by atoms with Gasteiger partial charge in [-0.1, -0.05) is 41.9 Å².